The van der Waals surface area contributed by atoms with E-state index in [-0.39, 0.29) is 23.1 Å². The summed E-state index contributed by atoms with van der Waals surface area (Å²) in [5.41, 5.74) is -1.49. The number of rotatable bonds is 3. The van der Waals surface area contributed by atoms with E-state index in [1.807, 2.05) is 11.8 Å². The van der Waals surface area contributed by atoms with Gasteiger partial charge in [-0.1, -0.05) is 6.92 Å². The number of hydrogen-bond donors (Lipinski definition) is 1. The minimum Gasteiger partial charge on any atom is -0.371 e. The van der Waals surface area contributed by atoms with Crippen LogP contribution in [-0.4, -0.2) is 52.5 Å². The van der Waals surface area contributed by atoms with E-state index in [9.17, 15) is 4.79 Å². The Morgan fingerprint density at radius 3 is 2.18 bits per heavy atom. The molecule has 2 atom stereocenters. The van der Waals surface area contributed by atoms with Crippen molar-refractivity contribution < 1.29 is 14.3 Å². The Bertz CT molecular complexity index is 468. The maximum Gasteiger partial charge on any atom is 0.257 e. The number of amides is 1. The zero-order valence-corrected chi connectivity index (χ0v) is 14.8. The van der Waals surface area contributed by atoms with Gasteiger partial charge in [0.2, 0.25) is 0 Å². The first-order valence-corrected chi connectivity index (χ1v) is 8.44. The number of nitrogens with zero attached hydrogens (tertiary/aromatic N) is 1. The van der Waals surface area contributed by atoms with Gasteiger partial charge in [0.25, 0.3) is 5.91 Å². The fourth-order valence-corrected chi connectivity index (χ4v) is 4.61. The van der Waals surface area contributed by atoms with Crippen molar-refractivity contribution in [2.45, 2.75) is 89.3 Å². The summed E-state index contributed by atoms with van der Waals surface area (Å²) in [7, 11) is 0. The molecule has 2 unspecified atom stereocenters. The molecule has 0 aromatic rings. The molecule has 22 heavy (non-hydrogen) atoms. The molecule has 3 aliphatic heterocycles. The summed E-state index contributed by atoms with van der Waals surface area (Å²) in [6.45, 7) is 14.2. The predicted molar refractivity (Wildman–Crippen MR) is 84.5 cm³/mol. The van der Waals surface area contributed by atoms with Crippen molar-refractivity contribution in [3.63, 3.8) is 0 Å². The molecule has 3 heterocycles. The highest BCUT2D eigenvalue weighted by Crippen LogP contribution is 2.48. The molecule has 0 aromatic carbocycles. The second-order valence-electron chi connectivity index (χ2n) is 8.74. The number of carbonyl (C=O) groups is 1. The van der Waals surface area contributed by atoms with E-state index in [2.05, 4.69) is 39.9 Å². The van der Waals surface area contributed by atoms with Crippen LogP contribution >= 0.6 is 0 Å². The second-order valence-corrected chi connectivity index (χ2v) is 8.74. The molecule has 0 aromatic heterocycles. The SMILES string of the molecule is CCC1(C)OC2(CC(C)(C)NC(C)(C)C2)C(=O)N1CC1CO1. The Balaban J connectivity index is 1.94. The van der Waals surface area contributed by atoms with Crippen LogP contribution < -0.4 is 5.32 Å². The number of carbonyl (C=O) groups excluding carboxylic acids is 1. The van der Waals surface area contributed by atoms with Crippen LogP contribution in [0.3, 0.4) is 0 Å². The van der Waals surface area contributed by atoms with Crippen molar-refractivity contribution in [2.75, 3.05) is 13.2 Å². The quantitative estimate of drug-likeness (QED) is 0.811. The Kier molecular flexibility index (Phi) is 3.45. The van der Waals surface area contributed by atoms with Crippen LogP contribution in [0.4, 0.5) is 0 Å². The van der Waals surface area contributed by atoms with Crippen molar-refractivity contribution in [1.82, 2.24) is 10.2 Å². The standard InChI is InChI=1S/C17H30N2O3/c1-7-16(6)19(8-12-9-21-12)13(20)17(22-16)10-14(2,3)18-15(4,5)11-17/h12,18H,7-11H2,1-6H3. The third-order valence-electron chi connectivity index (χ3n) is 5.20. The van der Waals surface area contributed by atoms with Crippen LogP contribution in [-0.2, 0) is 14.3 Å². The minimum absolute atomic E-state index is 0.127. The van der Waals surface area contributed by atoms with E-state index in [0.29, 0.717) is 19.4 Å². The van der Waals surface area contributed by atoms with Crippen molar-refractivity contribution in [1.29, 1.82) is 0 Å². The molecule has 0 aliphatic carbocycles. The predicted octanol–water partition coefficient (Wildman–Crippen LogP) is 2.05. The normalized spacial score (nSPS) is 38.5. The van der Waals surface area contributed by atoms with Gasteiger partial charge in [-0.05, 0) is 41.0 Å². The van der Waals surface area contributed by atoms with E-state index >= 15 is 0 Å². The van der Waals surface area contributed by atoms with Gasteiger partial charge in [-0.25, -0.2) is 0 Å². The second kappa shape index (κ2) is 4.68. The summed E-state index contributed by atoms with van der Waals surface area (Å²) >= 11 is 0. The first kappa shape index (κ1) is 16.2. The van der Waals surface area contributed by atoms with Gasteiger partial charge in [-0.2, -0.15) is 0 Å². The molecule has 0 radical (unpaired) electrons. The van der Waals surface area contributed by atoms with Gasteiger partial charge in [0.15, 0.2) is 5.60 Å². The average Bonchev–Trinajstić information content (AvgIpc) is 3.11. The van der Waals surface area contributed by atoms with Crippen LogP contribution in [0, 0.1) is 0 Å². The van der Waals surface area contributed by atoms with Crippen LogP contribution in [0.25, 0.3) is 0 Å². The van der Waals surface area contributed by atoms with Gasteiger partial charge in [0.1, 0.15) is 5.72 Å². The van der Waals surface area contributed by atoms with Gasteiger partial charge < -0.3 is 19.7 Å². The summed E-state index contributed by atoms with van der Waals surface area (Å²) in [6.07, 6.45) is 2.40. The number of nitrogens with one attached hydrogen (secondary N) is 1. The van der Waals surface area contributed by atoms with Crippen LogP contribution in [0.2, 0.25) is 0 Å². The topological polar surface area (TPSA) is 54.1 Å². The Morgan fingerprint density at radius 1 is 1.18 bits per heavy atom. The molecule has 5 nitrogen and oxygen atoms in total. The largest absolute Gasteiger partial charge is 0.371 e. The highest BCUT2D eigenvalue weighted by molar-refractivity contribution is 5.88. The molecule has 5 heteroatoms. The van der Waals surface area contributed by atoms with E-state index < -0.39 is 11.3 Å². The first-order chi connectivity index (χ1) is 10.0. The zero-order chi connectivity index (χ0) is 16.4. The monoisotopic (exact) mass is 310 g/mol. The van der Waals surface area contributed by atoms with Crippen molar-refractivity contribution in [3.8, 4) is 0 Å². The lowest BCUT2D eigenvalue weighted by molar-refractivity contribution is -0.163. The van der Waals surface area contributed by atoms with E-state index in [1.165, 1.54) is 0 Å². The Hall–Kier alpha value is -0.650. The summed E-state index contributed by atoms with van der Waals surface area (Å²) < 4.78 is 11.9. The number of epoxide rings is 1. The number of hydrogen-bond acceptors (Lipinski definition) is 4. The zero-order valence-electron chi connectivity index (χ0n) is 14.8. The van der Waals surface area contributed by atoms with Gasteiger partial charge in [0, 0.05) is 23.9 Å². The molecule has 3 rings (SSSR count). The third-order valence-corrected chi connectivity index (χ3v) is 5.20. The summed E-state index contributed by atoms with van der Waals surface area (Å²) in [5.74, 6) is 0.148. The number of piperidine rings is 1. The van der Waals surface area contributed by atoms with Crippen molar-refractivity contribution in [3.05, 3.63) is 0 Å². The van der Waals surface area contributed by atoms with Crippen LogP contribution in [0.5, 0.6) is 0 Å². The average molecular weight is 310 g/mol. The molecular formula is C17H30N2O3. The Labute approximate surface area is 133 Å². The molecule has 126 valence electrons. The summed E-state index contributed by atoms with van der Waals surface area (Å²) in [5, 5.41) is 3.64. The van der Waals surface area contributed by atoms with Gasteiger partial charge in [0.05, 0.1) is 19.3 Å². The lowest BCUT2D eigenvalue weighted by Crippen LogP contribution is -2.65. The van der Waals surface area contributed by atoms with Crippen LogP contribution in [0.1, 0.15) is 60.8 Å². The fraction of sp³-hybridized carbons (Fsp3) is 0.941. The third kappa shape index (κ3) is 2.68. The van der Waals surface area contributed by atoms with E-state index in [4.69, 9.17) is 9.47 Å². The Morgan fingerprint density at radius 2 is 1.73 bits per heavy atom. The smallest absolute Gasteiger partial charge is 0.257 e. The minimum atomic E-state index is -0.710. The lowest BCUT2D eigenvalue weighted by Gasteiger charge is -2.50. The maximum absolute atomic E-state index is 13.3. The highest BCUT2D eigenvalue weighted by Gasteiger charge is 2.63. The lowest BCUT2D eigenvalue weighted by atomic mass is 9.72. The molecule has 1 N–H and O–H groups in total. The molecular weight excluding hydrogens is 280 g/mol. The number of ether oxygens (including phenoxy) is 2. The first-order valence-electron chi connectivity index (χ1n) is 8.44. The maximum atomic E-state index is 13.3. The van der Waals surface area contributed by atoms with Gasteiger partial charge in [-0.15, -0.1) is 0 Å². The summed E-state index contributed by atoms with van der Waals surface area (Å²) in [4.78, 5) is 15.2. The fourth-order valence-electron chi connectivity index (χ4n) is 4.61. The molecule has 3 fully saturated rings. The molecule has 1 spiro atoms. The molecule has 3 aliphatic rings. The highest BCUT2D eigenvalue weighted by atomic mass is 16.6. The van der Waals surface area contributed by atoms with Crippen LogP contribution in [0.15, 0.2) is 0 Å². The van der Waals surface area contributed by atoms with E-state index in [0.717, 1.165) is 13.0 Å². The van der Waals surface area contributed by atoms with Crippen molar-refractivity contribution in [2.24, 2.45) is 0 Å². The van der Waals surface area contributed by atoms with Crippen molar-refractivity contribution >= 4 is 5.91 Å². The van der Waals surface area contributed by atoms with E-state index in [1.54, 1.807) is 0 Å². The molecule has 0 saturated carbocycles. The molecule has 0 bridgehead atoms. The van der Waals surface area contributed by atoms with Gasteiger partial charge in [-0.3, -0.25) is 4.79 Å². The molecule has 3 saturated heterocycles. The molecule has 1 amide bonds. The summed E-state index contributed by atoms with van der Waals surface area (Å²) in [6, 6.07) is 0. The van der Waals surface area contributed by atoms with Gasteiger partial charge >= 0.3 is 0 Å².